The van der Waals surface area contributed by atoms with E-state index in [-0.39, 0.29) is 30.7 Å². The molecule has 0 aliphatic carbocycles. The van der Waals surface area contributed by atoms with Crippen molar-refractivity contribution >= 4 is 0 Å². The van der Waals surface area contributed by atoms with Gasteiger partial charge in [-0.15, -0.1) is 0 Å². The van der Waals surface area contributed by atoms with E-state index in [0.717, 1.165) is 0 Å². The van der Waals surface area contributed by atoms with Crippen LogP contribution in [0, 0.1) is 11.8 Å². The van der Waals surface area contributed by atoms with Crippen LogP contribution in [0.2, 0.25) is 0 Å². The predicted octanol–water partition coefficient (Wildman–Crippen LogP) is 1.86. The van der Waals surface area contributed by atoms with Gasteiger partial charge in [0.2, 0.25) is 0 Å². The Kier molecular flexibility index (Phi) is 7.65. The first-order valence-corrected chi connectivity index (χ1v) is 5.41. The lowest BCUT2D eigenvalue weighted by Gasteiger charge is -2.31. The number of allylic oxidation sites excluding steroid dienone is 1. The van der Waals surface area contributed by atoms with Gasteiger partial charge in [0.1, 0.15) is 0 Å². The van der Waals surface area contributed by atoms with E-state index in [2.05, 4.69) is 6.92 Å². The predicted molar refractivity (Wildman–Crippen MR) is 61.8 cm³/mol. The molecule has 0 rings (SSSR count). The van der Waals surface area contributed by atoms with Crippen LogP contribution in [0.1, 0.15) is 20.8 Å². The van der Waals surface area contributed by atoms with Gasteiger partial charge in [-0.2, -0.15) is 0 Å². The number of hydrogen-bond acceptors (Lipinski definition) is 3. The fraction of sp³-hybridized carbons (Fsp3) is 0.833. The maximum atomic E-state index is 9.13. The molecule has 0 unspecified atom stereocenters. The van der Waals surface area contributed by atoms with E-state index in [1.54, 1.807) is 14.2 Å². The third-order valence-corrected chi connectivity index (χ3v) is 2.81. The summed E-state index contributed by atoms with van der Waals surface area (Å²) in [5.74, 6) is 0.339. The summed E-state index contributed by atoms with van der Waals surface area (Å²) in [5, 5.41) is 9.13. The van der Waals surface area contributed by atoms with Crippen LogP contribution in [0.4, 0.5) is 0 Å². The first-order valence-electron chi connectivity index (χ1n) is 5.41. The maximum Gasteiger partial charge on any atom is 0.0802 e. The second kappa shape index (κ2) is 7.85. The SMILES string of the molecule is C/C=C/[C@H](OC)[C@H](C)[C@@H](OC)[C@@H](C)CO. The van der Waals surface area contributed by atoms with Gasteiger partial charge >= 0.3 is 0 Å². The summed E-state index contributed by atoms with van der Waals surface area (Å²) in [4.78, 5) is 0. The van der Waals surface area contributed by atoms with E-state index in [9.17, 15) is 0 Å². The van der Waals surface area contributed by atoms with Gasteiger partial charge in [-0.25, -0.2) is 0 Å². The summed E-state index contributed by atoms with van der Waals surface area (Å²) in [5.41, 5.74) is 0. The minimum absolute atomic E-state index is 0.0103. The Labute approximate surface area is 93.1 Å². The quantitative estimate of drug-likeness (QED) is 0.660. The lowest BCUT2D eigenvalue weighted by atomic mass is 9.89. The topological polar surface area (TPSA) is 38.7 Å². The molecule has 0 saturated heterocycles. The van der Waals surface area contributed by atoms with Crippen LogP contribution in [0.15, 0.2) is 12.2 Å². The highest BCUT2D eigenvalue weighted by molar-refractivity contribution is 4.93. The lowest BCUT2D eigenvalue weighted by molar-refractivity contribution is -0.0437. The van der Waals surface area contributed by atoms with Gasteiger partial charge in [-0.3, -0.25) is 0 Å². The fourth-order valence-electron chi connectivity index (χ4n) is 1.91. The molecule has 15 heavy (non-hydrogen) atoms. The molecule has 4 atom stereocenters. The van der Waals surface area contributed by atoms with Crippen molar-refractivity contribution in [2.45, 2.75) is 33.0 Å². The first-order chi connectivity index (χ1) is 7.12. The number of aliphatic hydroxyl groups is 1. The van der Waals surface area contributed by atoms with Crippen LogP contribution in [0.5, 0.6) is 0 Å². The Balaban J connectivity index is 4.52. The summed E-state index contributed by atoms with van der Waals surface area (Å²) in [6, 6.07) is 0. The van der Waals surface area contributed by atoms with Crippen molar-refractivity contribution in [3.63, 3.8) is 0 Å². The monoisotopic (exact) mass is 216 g/mol. The van der Waals surface area contributed by atoms with Gasteiger partial charge in [0, 0.05) is 32.7 Å². The maximum absolute atomic E-state index is 9.13. The summed E-state index contributed by atoms with van der Waals surface area (Å²) < 4.78 is 10.8. The van der Waals surface area contributed by atoms with Gasteiger partial charge in [-0.05, 0) is 6.92 Å². The molecule has 0 aliphatic heterocycles. The Morgan fingerprint density at radius 2 is 1.80 bits per heavy atom. The summed E-state index contributed by atoms with van der Waals surface area (Å²) in [7, 11) is 3.37. The molecule has 0 aromatic heterocycles. The highest BCUT2D eigenvalue weighted by Gasteiger charge is 2.28. The van der Waals surface area contributed by atoms with E-state index < -0.39 is 0 Å². The average Bonchev–Trinajstić information content (AvgIpc) is 2.26. The van der Waals surface area contributed by atoms with Crippen LogP contribution in [-0.4, -0.2) is 38.1 Å². The van der Waals surface area contributed by atoms with Gasteiger partial charge in [0.25, 0.3) is 0 Å². The number of rotatable bonds is 7. The van der Waals surface area contributed by atoms with Crippen molar-refractivity contribution in [3.8, 4) is 0 Å². The molecule has 3 nitrogen and oxygen atoms in total. The smallest absolute Gasteiger partial charge is 0.0802 e. The van der Waals surface area contributed by atoms with Crippen LogP contribution < -0.4 is 0 Å². The highest BCUT2D eigenvalue weighted by atomic mass is 16.5. The Bertz CT molecular complexity index is 180. The number of hydrogen-bond donors (Lipinski definition) is 1. The zero-order valence-corrected chi connectivity index (χ0v) is 10.4. The van der Waals surface area contributed by atoms with Gasteiger partial charge in [0.15, 0.2) is 0 Å². The summed E-state index contributed by atoms with van der Waals surface area (Å²) >= 11 is 0. The summed E-state index contributed by atoms with van der Waals surface area (Å²) in [6.45, 7) is 6.16. The van der Waals surface area contributed by atoms with E-state index >= 15 is 0 Å². The number of aliphatic hydroxyl groups excluding tert-OH is 1. The molecule has 3 heteroatoms. The third kappa shape index (κ3) is 4.33. The van der Waals surface area contributed by atoms with Crippen molar-refractivity contribution in [3.05, 3.63) is 12.2 Å². The molecule has 0 amide bonds. The first kappa shape index (κ1) is 14.6. The number of methoxy groups -OCH3 is 2. The molecule has 0 aromatic carbocycles. The highest BCUT2D eigenvalue weighted by Crippen LogP contribution is 2.21. The Morgan fingerprint density at radius 3 is 2.13 bits per heavy atom. The van der Waals surface area contributed by atoms with E-state index in [0.29, 0.717) is 0 Å². The van der Waals surface area contributed by atoms with E-state index in [1.807, 2.05) is 26.0 Å². The molecule has 0 fully saturated rings. The number of ether oxygens (including phenoxy) is 2. The van der Waals surface area contributed by atoms with E-state index in [4.69, 9.17) is 14.6 Å². The third-order valence-electron chi connectivity index (χ3n) is 2.81. The van der Waals surface area contributed by atoms with Crippen molar-refractivity contribution in [2.24, 2.45) is 11.8 Å². The van der Waals surface area contributed by atoms with Crippen LogP contribution in [-0.2, 0) is 9.47 Å². The van der Waals surface area contributed by atoms with Crippen molar-refractivity contribution < 1.29 is 14.6 Å². The van der Waals surface area contributed by atoms with Crippen LogP contribution in [0.25, 0.3) is 0 Å². The Morgan fingerprint density at radius 1 is 1.20 bits per heavy atom. The summed E-state index contributed by atoms with van der Waals surface area (Å²) in [6.07, 6.45) is 4.03. The molecule has 0 aliphatic rings. The van der Waals surface area contributed by atoms with Crippen molar-refractivity contribution in [1.82, 2.24) is 0 Å². The molecular formula is C12H24O3. The zero-order valence-electron chi connectivity index (χ0n) is 10.4. The van der Waals surface area contributed by atoms with Gasteiger partial charge in [0.05, 0.1) is 12.2 Å². The molecule has 0 radical (unpaired) electrons. The minimum atomic E-state index is 0.0103. The van der Waals surface area contributed by atoms with Crippen LogP contribution >= 0.6 is 0 Å². The van der Waals surface area contributed by atoms with Gasteiger partial charge < -0.3 is 14.6 Å². The Hall–Kier alpha value is -0.380. The minimum Gasteiger partial charge on any atom is -0.396 e. The van der Waals surface area contributed by atoms with Crippen LogP contribution in [0.3, 0.4) is 0 Å². The normalized spacial score (nSPS) is 20.1. The molecule has 0 aromatic rings. The fourth-order valence-corrected chi connectivity index (χ4v) is 1.91. The zero-order chi connectivity index (χ0) is 11.8. The second-order valence-electron chi connectivity index (χ2n) is 3.95. The average molecular weight is 216 g/mol. The molecule has 0 heterocycles. The molecular weight excluding hydrogens is 192 g/mol. The molecule has 0 saturated carbocycles. The molecule has 1 N–H and O–H groups in total. The largest absolute Gasteiger partial charge is 0.396 e. The molecule has 0 spiro atoms. The second-order valence-corrected chi connectivity index (χ2v) is 3.95. The molecule has 90 valence electrons. The van der Waals surface area contributed by atoms with Gasteiger partial charge in [-0.1, -0.05) is 26.0 Å². The van der Waals surface area contributed by atoms with Crippen molar-refractivity contribution in [2.75, 3.05) is 20.8 Å². The molecule has 0 bridgehead atoms. The standard InChI is InChI=1S/C12H24O3/c1-6-7-11(14-4)10(3)12(15-5)9(2)8-13/h6-7,9-13H,8H2,1-5H3/b7-6+/t9-,10-,11-,12-/m0/s1. The lowest BCUT2D eigenvalue weighted by Crippen LogP contribution is -2.37. The van der Waals surface area contributed by atoms with E-state index in [1.165, 1.54) is 0 Å². The van der Waals surface area contributed by atoms with Crippen molar-refractivity contribution in [1.29, 1.82) is 0 Å².